The summed E-state index contributed by atoms with van der Waals surface area (Å²) in [5.41, 5.74) is 4.77. The molecule has 5 heteroatoms. The van der Waals surface area contributed by atoms with Crippen molar-refractivity contribution in [2.75, 3.05) is 6.61 Å². The number of aryl methyl sites for hydroxylation is 2. The van der Waals surface area contributed by atoms with Crippen LogP contribution in [-0.2, 0) is 24.3 Å². The number of Topliss-reactive ketones (excluding diaryl/α,β-unsaturated/α-hetero) is 1. The van der Waals surface area contributed by atoms with Gasteiger partial charge in [0.2, 0.25) is 5.78 Å². The van der Waals surface area contributed by atoms with Crippen molar-refractivity contribution in [1.82, 2.24) is 4.57 Å². The lowest BCUT2D eigenvalue weighted by Gasteiger charge is -2.10. The Bertz CT molecular complexity index is 988. The Hall–Kier alpha value is -3.18. The molecule has 1 heterocycles. The van der Waals surface area contributed by atoms with Gasteiger partial charge < -0.3 is 14.4 Å². The zero-order valence-corrected chi connectivity index (χ0v) is 16.7. The Morgan fingerprint density at radius 1 is 0.966 bits per heavy atom. The first-order valence-corrected chi connectivity index (χ1v) is 9.60. The highest BCUT2D eigenvalue weighted by molar-refractivity contribution is 6.00. The maximum atomic E-state index is 12.6. The third kappa shape index (κ3) is 5.00. The number of benzene rings is 2. The van der Waals surface area contributed by atoms with E-state index in [0.717, 1.165) is 24.4 Å². The minimum Gasteiger partial charge on any atom is -0.454 e. The molecule has 150 valence electrons. The van der Waals surface area contributed by atoms with Crippen molar-refractivity contribution < 1.29 is 19.4 Å². The van der Waals surface area contributed by atoms with Gasteiger partial charge in [0, 0.05) is 23.5 Å². The highest BCUT2D eigenvalue weighted by Gasteiger charge is 2.18. The van der Waals surface area contributed by atoms with Gasteiger partial charge in [-0.05, 0) is 49.6 Å². The monoisotopic (exact) mass is 391 g/mol. The topological polar surface area (TPSA) is 68.5 Å². The minimum atomic E-state index is -0.555. The van der Waals surface area contributed by atoms with Crippen LogP contribution in [-0.4, -0.2) is 28.0 Å². The fourth-order valence-corrected chi connectivity index (χ4v) is 3.35. The van der Waals surface area contributed by atoms with Crippen molar-refractivity contribution in [3.8, 4) is 0 Å². The first kappa shape index (κ1) is 20.6. The molecule has 0 radical (unpaired) electrons. The summed E-state index contributed by atoms with van der Waals surface area (Å²) in [7, 11) is 0. The number of nitrogens with zero attached hydrogens (tertiary/aromatic N) is 1. The van der Waals surface area contributed by atoms with Gasteiger partial charge in [-0.25, -0.2) is 4.79 Å². The Kier molecular flexibility index (Phi) is 6.62. The SMILES string of the molecule is Cc1cc(C(=O)COC(=O)c2ccc(CO)cc2)c(C)n1CCc1ccccc1. The van der Waals surface area contributed by atoms with Crippen LogP contribution in [0.1, 0.15) is 43.2 Å². The van der Waals surface area contributed by atoms with E-state index in [9.17, 15) is 9.59 Å². The van der Waals surface area contributed by atoms with E-state index in [1.165, 1.54) is 5.56 Å². The van der Waals surface area contributed by atoms with E-state index in [-0.39, 0.29) is 19.0 Å². The summed E-state index contributed by atoms with van der Waals surface area (Å²) >= 11 is 0. The van der Waals surface area contributed by atoms with Gasteiger partial charge in [-0.1, -0.05) is 42.5 Å². The second kappa shape index (κ2) is 9.34. The molecule has 0 saturated heterocycles. The van der Waals surface area contributed by atoms with E-state index in [4.69, 9.17) is 9.84 Å². The Labute approximate surface area is 170 Å². The smallest absolute Gasteiger partial charge is 0.338 e. The van der Waals surface area contributed by atoms with Crippen molar-refractivity contribution >= 4 is 11.8 Å². The quantitative estimate of drug-likeness (QED) is 0.467. The number of aliphatic hydroxyl groups is 1. The average Bonchev–Trinajstić information content (AvgIpc) is 3.04. The summed E-state index contributed by atoms with van der Waals surface area (Å²) in [6, 6.07) is 18.5. The molecule has 29 heavy (non-hydrogen) atoms. The van der Waals surface area contributed by atoms with Crippen LogP contribution >= 0.6 is 0 Å². The molecule has 2 aromatic carbocycles. The van der Waals surface area contributed by atoms with E-state index in [1.807, 2.05) is 38.1 Å². The molecule has 0 aliphatic heterocycles. The summed E-state index contributed by atoms with van der Waals surface area (Å²) < 4.78 is 7.31. The highest BCUT2D eigenvalue weighted by Crippen LogP contribution is 2.17. The molecule has 5 nitrogen and oxygen atoms in total. The van der Waals surface area contributed by atoms with Crippen molar-refractivity contribution in [1.29, 1.82) is 0 Å². The summed E-state index contributed by atoms with van der Waals surface area (Å²) in [6.45, 7) is 4.29. The second-order valence-corrected chi connectivity index (χ2v) is 7.03. The van der Waals surface area contributed by atoms with Crippen LogP contribution in [0.4, 0.5) is 0 Å². The van der Waals surface area contributed by atoms with Crippen LogP contribution in [0, 0.1) is 13.8 Å². The molecule has 0 spiro atoms. The fraction of sp³-hybridized carbons (Fsp3) is 0.250. The van der Waals surface area contributed by atoms with Crippen LogP contribution in [0.25, 0.3) is 0 Å². The van der Waals surface area contributed by atoms with Crippen LogP contribution in [0.5, 0.6) is 0 Å². The summed E-state index contributed by atoms with van der Waals surface area (Å²) in [5.74, 6) is -0.773. The molecule has 0 unspecified atom stereocenters. The largest absolute Gasteiger partial charge is 0.454 e. The first-order valence-electron chi connectivity index (χ1n) is 9.60. The standard InChI is InChI=1S/C24H25NO4/c1-17-14-22(18(2)25(17)13-12-19-6-4-3-5-7-19)23(27)16-29-24(28)21-10-8-20(15-26)9-11-21/h3-11,14,26H,12-13,15-16H2,1-2H3. The lowest BCUT2D eigenvalue weighted by Crippen LogP contribution is -2.15. The molecule has 0 atom stereocenters. The zero-order chi connectivity index (χ0) is 20.8. The van der Waals surface area contributed by atoms with Crippen molar-refractivity contribution in [2.45, 2.75) is 33.4 Å². The Morgan fingerprint density at radius 3 is 2.31 bits per heavy atom. The Morgan fingerprint density at radius 2 is 1.66 bits per heavy atom. The van der Waals surface area contributed by atoms with Crippen molar-refractivity contribution in [3.05, 3.63) is 94.3 Å². The van der Waals surface area contributed by atoms with E-state index in [0.29, 0.717) is 16.7 Å². The van der Waals surface area contributed by atoms with Crippen molar-refractivity contribution in [3.63, 3.8) is 0 Å². The summed E-state index contributed by atoms with van der Waals surface area (Å²) in [5, 5.41) is 9.06. The molecule has 0 fully saturated rings. The third-order valence-corrected chi connectivity index (χ3v) is 5.05. The number of hydrogen-bond donors (Lipinski definition) is 1. The van der Waals surface area contributed by atoms with E-state index in [2.05, 4.69) is 16.7 Å². The lowest BCUT2D eigenvalue weighted by atomic mass is 10.1. The molecule has 3 aromatic rings. The maximum Gasteiger partial charge on any atom is 0.338 e. The molecule has 0 bridgehead atoms. The molecule has 3 rings (SSSR count). The number of carbonyl (C=O) groups is 2. The molecular weight excluding hydrogens is 366 g/mol. The fourth-order valence-electron chi connectivity index (χ4n) is 3.35. The van der Waals surface area contributed by atoms with Crippen LogP contribution in [0.2, 0.25) is 0 Å². The molecule has 0 aliphatic rings. The average molecular weight is 391 g/mol. The molecule has 1 N–H and O–H groups in total. The van der Waals surface area contributed by atoms with Gasteiger partial charge >= 0.3 is 5.97 Å². The van der Waals surface area contributed by atoms with Gasteiger partial charge in [0.05, 0.1) is 12.2 Å². The number of hydrogen-bond acceptors (Lipinski definition) is 4. The molecule has 1 aromatic heterocycles. The number of aliphatic hydroxyl groups excluding tert-OH is 1. The van der Waals surface area contributed by atoms with Gasteiger partial charge in [0.15, 0.2) is 6.61 Å². The minimum absolute atomic E-state index is 0.0896. The number of ketones is 1. The van der Waals surface area contributed by atoms with E-state index < -0.39 is 5.97 Å². The van der Waals surface area contributed by atoms with E-state index >= 15 is 0 Å². The number of aromatic nitrogens is 1. The van der Waals surface area contributed by atoms with Crippen LogP contribution in [0.3, 0.4) is 0 Å². The van der Waals surface area contributed by atoms with Crippen LogP contribution in [0.15, 0.2) is 60.7 Å². The van der Waals surface area contributed by atoms with E-state index in [1.54, 1.807) is 24.3 Å². The number of ether oxygens (including phenoxy) is 1. The first-order chi connectivity index (χ1) is 14.0. The van der Waals surface area contributed by atoms with Gasteiger partial charge in [-0.3, -0.25) is 4.79 Å². The zero-order valence-electron chi connectivity index (χ0n) is 16.7. The van der Waals surface area contributed by atoms with Gasteiger partial charge in [-0.15, -0.1) is 0 Å². The predicted molar refractivity (Wildman–Crippen MR) is 111 cm³/mol. The summed E-state index contributed by atoms with van der Waals surface area (Å²) in [4.78, 5) is 24.8. The highest BCUT2D eigenvalue weighted by atomic mass is 16.5. The molecule has 0 amide bonds. The third-order valence-electron chi connectivity index (χ3n) is 5.05. The molecule has 0 saturated carbocycles. The number of esters is 1. The van der Waals surface area contributed by atoms with Gasteiger partial charge in [-0.2, -0.15) is 0 Å². The lowest BCUT2D eigenvalue weighted by molar-refractivity contribution is 0.0474. The number of rotatable bonds is 8. The van der Waals surface area contributed by atoms with Gasteiger partial charge in [0.25, 0.3) is 0 Å². The maximum absolute atomic E-state index is 12.6. The summed E-state index contributed by atoms with van der Waals surface area (Å²) in [6.07, 6.45) is 0.879. The number of carbonyl (C=O) groups excluding carboxylic acids is 2. The predicted octanol–water partition coefficient (Wildman–Crippen LogP) is 3.88. The Balaban J connectivity index is 1.62. The molecule has 0 aliphatic carbocycles. The van der Waals surface area contributed by atoms with Crippen LogP contribution < -0.4 is 0 Å². The second-order valence-electron chi connectivity index (χ2n) is 7.03. The van der Waals surface area contributed by atoms with Gasteiger partial charge in [0.1, 0.15) is 0 Å². The normalized spacial score (nSPS) is 10.7. The molecular formula is C24H25NO4. The van der Waals surface area contributed by atoms with Crippen molar-refractivity contribution in [2.24, 2.45) is 0 Å².